The zero-order valence-electron chi connectivity index (χ0n) is 9.60. The van der Waals surface area contributed by atoms with Gasteiger partial charge in [0.15, 0.2) is 0 Å². The maximum atomic E-state index is 3.64. The van der Waals surface area contributed by atoms with Crippen LogP contribution in [-0.2, 0) is 0 Å². The number of nitrogens with one attached hydrogen (secondary N) is 2. The van der Waals surface area contributed by atoms with Crippen LogP contribution in [-0.4, -0.2) is 25.7 Å². The van der Waals surface area contributed by atoms with Crippen molar-refractivity contribution in [3.63, 3.8) is 0 Å². The molecule has 82 valence electrons. The molecule has 2 N–H and O–H groups in total. The zero-order chi connectivity index (χ0) is 10.0. The summed E-state index contributed by atoms with van der Waals surface area (Å²) in [5.74, 6) is 1.00. The summed E-state index contributed by atoms with van der Waals surface area (Å²) in [5, 5.41) is 7.25. The first kappa shape index (κ1) is 10.4. The van der Waals surface area contributed by atoms with E-state index in [4.69, 9.17) is 0 Å². The van der Waals surface area contributed by atoms with Crippen molar-refractivity contribution in [3.8, 4) is 0 Å². The summed E-state index contributed by atoms with van der Waals surface area (Å²) >= 11 is 0. The Morgan fingerprint density at radius 1 is 1.29 bits per heavy atom. The molecule has 2 rings (SSSR count). The summed E-state index contributed by atoms with van der Waals surface area (Å²) in [5.41, 5.74) is 0.481. The molecule has 0 bridgehead atoms. The average Bonchev–Trinajstić information content (AvgIpc) is 2.91. The standard InChI is InChI=1S/C12H24N2/c1-12(2)6-3-7-14-11(12)9-13-8-10-4-5-10/h10-11,13-14H,3-9H2,1-2H3. The Bertz CT molecular complexity index is 185. The fourth-order valence-electron chi connectivity index (χ4n) is 2.37. The summed E-state index contributed by atoms with van der Waals surface area (Å²) < 4.78 is 0. The lowest BCUT2D eigenvalue weighted by atomic mass is 9.77. The molecule has 2 aliphatic rings. The highest BCUT2D eigenvalue weighted by atomic mass is 15.0. The molecule has 1 atom stereocenters. The van der Waals surface area contributed by atoms with Gasteiger partial charge in [-0.15, -0.1) is 0 Å². The minimum Gasteiger partial charge on any atom is -0.315 e. The third-order valence-electron chi connectivity index (χ3n) is 3.81. The van der Waals surface area contributed by atoms with Crippen LogP contribution in [0.3, 0.4) is 0 Å². The normalized spacial score (nSPS) is 31.7. The molecule has 1 aliphatic heterocycles. The average molecular weight is 196 g/mol. The predicted octanol–water partition coefficient (Wildman–Crippen LogP) is 1.76. The Morgan fingerprint density at radius 2 is 2.07 bits per heavy atom. The van der Waals surface area contributed by atoms with Crippen LogP contribution in [0.1, 0.15) is 39.5 Å². The van der Waals surface area contributed by atoms with Gasteiger partial charge in [-0.05, 0) is 50.1 Å². The van der Waals surface area contributed by atoms with E-state index in [1.165, 1.54) is 38.8 Å². The van der Waals surface area contributed by atoms with E-state index in [0.29, 0.717) is 11.5 Å². The fourth-order valence-corrected chi connectivity index (χ4v) is 2.37. The largest absolute Gasteiger partial charge is 0.315 e. The molecule has 2 fully saturated rings. The molecule has 0 aromatic rings. The van der Waals surface area contributed by atoms with Gasteiger partial charge < -0.3 is 10.6 Å². The summed E-state index contributed by atoms with van der Waals surface area (Å²) in [6.07, 6.45) is 5.62. The van der Waals surface area contributed by atoms with Gasteiger partial charge >= 0.3 is 0 Å². The summed E-state index contributed by atoms with van der Waals surface area (Å²) in [4.78, 5) is 0. The van der Waals surface area contributed by atoms with Crippen molar-refractivity contribution in [2.24, 2.45) is 11.3 Å². The van der Waals surface area contributed by atoms with Gasteiger partial charge in [0.05, 0.1) is 0 Å². The first-order valence-electron chi connectivity index (χ1n) is 6.12. The quantitative estimate of drug-likeness (QED) is 0.716. The van der Waals surface area contributed by atoms with Crippen molar-refractivity contribution in [1.82, 2.24) is 10.6 Å². The fraction of sp³-hybridized carbons (Fsp3) is 1.00. The van der Waals surface area contributed by atoms with Crippen molar-refractivity contribution < 1.29 is 0 Å². The maximum Gasteiger partial charge on any atom is 0.0243 e. The van der Waals surface area contributed by atoms with E-state index >= 15 is 0 Å². The van der Waals surface area contributed by atoms with E-state index in [1.807, 2.05) is 0 Å². The van der Waals surface area contributed by atoms with Crippen molar-refractivity contribution in [2.45, 2.75) is 45.6 Å². The lowest BCUT2D eigenvalue weighted by molar-refractivity contribution is 0.176. The minimum absolute atomic E-state index is 0.481. The molecule has 1 heterocycles. The second-order valence-corrected chi connectivity index (χ2v) is 5.70. The van der Waals surface area contributed by atoms with E-state index in [-0.39, 0.29) is 0 Å². The third-order valence-corrected chi connectivity index (χ3v) is 3.81. The molecule has 1 saturated heterocycles. The van der Waals surface area contributed by atoms with Gasteiger partial charge in [0, 0.05) is 12.6 Å². The third kappa shape index (κ3) is 2.71. The van der Waals surface area contributed by atoms with Crippen LogP contribution in [0, 0.1) is 11.3 Å². The molecule has 0 aromatic carbocycles. The van der Waals surface area contributed by atoms with Crippen LogP contribution in [0.25, 0.3) is 0 Å². The van der Waals surface area contributed by atoms with Crippen LogP contribution in [0.15, 0.2) is 0 Å². The van der Waals surface area contributed by atoms with Gasteiger partial charge in [0.25, 0.3) is 0 Å². The Labute approximate surface area is 87.8 Å². The molecule has 1 aliphatic carbocycles. The topological polar surface area (TPSA) is 24.1 Å². The van der Waals surface area contributed by atoms with Gasteiger partial charge in [-0.25, -0.2) is 0 Å². The molecule has 0 amide bonds. The lowest BCUT2D eigenvalue weighted by Gasteiger charge is -2.39. The highest BCUT2D eigenvalue weighted by Gasteiger charge is 2.31. The van der Waals surface area contributed by atoms with E-state index in [2.05, 4.69) is 24.5 Å². The molecule has 2 heteroatoms. The molecule has 1 saturated carbocycles. The summed E-state index contributed by atoms with van der Waals surface area (Å²) in [6, 6.07) is 0.676. The molecule has 0 radical (unpaired) electrons. The van der Waals surface area contributed by atoms with Crippen LogP contribution in [0.4, 0.5) is 0 Å². The van der Waals surface area contributed by atoms with Crippen LogP contribution >= 0.6 is 0 Å². The second kappa shape index (κ2) is 4.19. The Hall–Kier alpha value is -0.0800. The Morgan fingerprint density at radius 3 is 2.71 bits per heavy atom. The highest BCUT2D eigenvalue weighted by Crippen LogP contribution is 2.30. The monoisotopic (exact) mass is 196 g/mol. The van der Waals surface area contributed by atoms with Crippen molar-refractivity contribution >= 4 is 0 Å². The summed E-state index contributed by atoms with van der Waals surface area (Å²) in [6.45, 7) is 8.39. The van der Waals surface area contributed by atoms with Gasteiger partial charge in [0.2, 0.25) is 0 Å². The highest BCUT2D eigenvalue weighted by molar-refractivity contribution is 4.90. The Kier molecular flexibility index (Phi) is 3.13. The predicted molar refractivity (Wildman–Crippen MR) is 60.4 cm³/mol. The molecule has 0 spiro atoms. The van der Waals surface area contributed by atoms with Gasteiger partial charge in [0.1, 0.15) is 0 Å². The molecular formula is C12H24N2. The summed E-state index contributed by atoms with van der Waals surface area (Å²) in [7, 11) is 0. The number of rotatable bonds is 4. The second-order valence-electron chi connectivity index (χ2n) is 5.70. The molecule has 0 aromatic heterocycles. The Balaban J connectivity index is 1.70. The van der Waals surface area contributed by atoms with Crippen LogP contribution < -0.4 is 10.6 Å². The first-order chi connectivity index (χ1) is 6.68. The number of piperidine rings is 1. The SMILES string of the molecule is CC1(C)CCCNC1CNCC1CC1. The zero-order valence-corrected chi connectivity index (χ0v) is 9.60. The smallest absolute Gasteiger partial charge is 0.0243 e. The molecule has 1 unspecified atom stereocenters. The molecule has 14 heavy (non-hydrogen) atoms. The van der Waals surface area contributed by atoms with Crippen LogP contribution in [0.2, 0.25) is 0 Å². The van der Waals surface area contributed by atoms with Gasteiger partial charge in [-0.1, -0.05) is 13.8 Å². The van der Waals surface area contributed by atoms with E-state index < -0.39 is 0 Å². The van der Waals surface area contributed by atoms with Crippen molar-refractivity contribution in [1.29, 1.82) is 0 Å². The minimum atomic E-state index is 0.481. The van der Waals surface area contributed by atoms with E-state index in [9.17, 15) is 0 Å². The first-order valence-corrected chi connectivity index (χ1v) is 6.12. The molecular weight excluding hydrogens is 172 g/mol. The van der Waals surface area contributed by atoms with Gasteiger partial charge in [-0.2, -0.15) is 0 Å². The molecule has 2 nitrogen and oxygen atoms in total. The maximum absolute atomic E-state index is 3.64. The number of hydrogen-bond acceptors (Lipinski definition) is 2. The van der Waals surface area contributed by atoms with Crippen molar-refractivity contribution in [3.05, 3.63) is 0 Å². The van der Waals surface area contributed by atoms with E-state index in [1.54, 1.807) is 0 Å². The van der Waals surface area contributed by atoms with Gasteiger partial charge in [-0.3, -0.25) is 0 Å². The number of hydrogen-bond donors (Lipinski definition) is 2. The van der Waals surface area contributed by atoms with E-state index in [0.717, 1.165) is 12.5 Å². The van der Waals surface area contributed by atoms with Crippen molar-refractivity contribution in [2.75, 3.05) is 19.6 Å². The van der Waals surface area contributed by atoms with Crippen LogP contribution in [0.5, 0.6) is 0 Å². The lowest BCUT2D eigenvalue weighted by Crippen LogP contribution is -2.52.